The number of H-pyrrole nitrogens is 1. The Bertz CT molecular complexity index is 1120. The van der Waals surface area contributed by atoms with Crippen LogP contribution in [0, 0.1) is 20.8 Å². The molecular weight excluding hydrogens is 360 g/mol. The second-order valence-electron chi connectivity index (χ2n) is 6.51. The van der Waals surface area contributed by atoms with Gasteiger partial charge in [0, 0.05) is 12.7 Å². The molecule has 2 N–H and O–H groups in total. The van der Waals surface area contributed by atoms with Crippen LogP contribution < -0.4 is 10.9 Å². The van der Waals surface area contributed by atoms with E-state index in [0.717, 1.165) is 0 Å². The molecule has 28 heavy (non-hydrogen) atoms. The van der Waals surface area contributed by atoms with Crippen LogP contribution in [0.25, 0.3) is 5.69 Å². The Kier molecular flexibility index (Phi) is 4.96. The summed E-state index contributed by atoms with van der Waals surface area (Å²) in [5, 5.41) is 2.69. The van der Waals surface area contributed by atoms with Crippen LogP contribution >= 0.6 is 0 Å². The Morgan fingerprint density at radius 2 is 1.75 bits per heavy atom. The molecule has 2 aromatic heterocycles. The van der Waals surface area contributed by atoms with Gasteiger partial charge >= 0.3 is 5.97 Å². The first-order chi connectivity index (χ1) is 13.3. The fourth-order valence-corrected chi connectivity index (χ4v) is 3.27. The van der Waals surface area contributed by atoms with Crippen LogP contribution in [-0.4, -0.2) is 33.3 Å². The smallest absolute Gasteiger partial charge is 0.339 e. The van der Waals surface area contributed by atoms with Gasteiger partial charge in [-0.2, -0.15) is 0 Å². The van der Waals surface area contributed by atoms with Gasteiger partial charge in [0.2, 0.25) is 0 Å². The van der Waals surface area contributed by atoms with Gasteiger partial charge in [-0.15, -0.1) is 0 Å². The molecule has 0 aliphatic rings. The molecule has 0 aliphatic heterocycles. The zero-order valence-corrected chi connectivity index (χ0v) is 16.4. The minimum atomic E-state index is -0.521. The minimum Gasteiger partial charge on any atom is -0.465 e. The third-order valence-electron chi connectivity index (χ3n) is 4.85. The molecule has 0 aliphatic carbocycles. The molecule has 1 aromatic carbocycles. The number of hydrogen-bond donors (Lipinski definition) is 2. The quantitative estimate of drug-likeness (QED) is 0.677. The van der Waals surface area contributed by atoms with Crippen molar-refractivity contribution >= 4 is 17.6 Å². The van der Waals surface area contributed by atoms with Gasteiger partial charge in [-0.05, 0) is 38.5 Å². The number of aryl methyl sites for hydroxylation is 1. The van der Waals surface area contributed by atoms with Crippen LogP contribution in [0.3, 0.4) is 0 Å². The van der Waals surface area contributed by atoms with Gasteiger partial charge < -0.3 is 15.0 Å². The van der Waals surface area contributed by atoms with Crippen molar-refractivity contribution < 1.29 is 14.3 Å². The summed E-state index contributed by atoms with van der Waals surface area (Å²) in [7, 11) is 3.03. The molecule has 8 nitrogen and oxygen atoms in total. The van der Waals surface area contributed by atoms with Crippen LogP contribution in [0.1, 0.15) is 37.8 Å². The maximum Gasteiger partial charge on any atom is 0.339 e. The Hall–Kier alpha value is -3.55. The lowest BCUT2D eigenvalue weighted by molar-refractivity contribution is 0.0599. The fourth-order valence-electron chi connectivity index (χ4n) is 3.27. The largest absolute Gasteiger partial charge is 0.465 e. The van der Waals surface area contributed by atoms with Crippen molar-refractivity contribution in [2.24, 2.45) is 7.05 Å². The third-order valence-corrected chi connectivity index (χ3v) is 4.85. The number of amides is 1. The number of nitrogens with one attached hydrogen (secondary N) is 2. The molecule has 8 heteroatoms. The summed E-state index contributed by atoms with van der Waals surface area (Å²) in [6, 6.07) is 9.16. The Morgan fingerprint density at radius 1 is 1.11 bits per heavy atom. The summed E-state index contributed by atoms with van der Waals surface area (Å²) < 4.78 is 7.93. The Balaban J connectivity index is 2.01. The van der Waals surface area contributed by atoms with Crippen LogP contribution in [0.4, 0.5) is 5.69 Å². The second-order valence-corrected chi connectivity index (χ2v) is 6.51. The van der Waals surface area contributed by atoms with E-state index in [4.69, 9.17) is 4.74 Å². The fraction of sp³-hybridized carbons (Fsp3) is 0.250. The van der Waals surface area contributed by atoms with E-state index in [1.165, 1.54) is 11.8 Å². The standard InChI is InChI=1S/C20H22N4O4/c1-11-15(20(27)28-5)12(2)21-16(11)18(25)22-17-13(3)23(4)24(19(17)26)14-9-7-6-8-10-14/h6-10,21H,1-5H3,(H,22,25). The van der Waals surface area contributed by atoms with Crippen molar-refractivity contribution in [2.45, 2.75) is 20.8 Å². The molecule has 1 amide bonds. The van der Waals surface area contributed by atoms with Gasteiger partial charge in [-0.1, -0.05) is 18.2 Å². The van der Waals surface area contributed by atoms with E-state index in [2.05, 4.69) is 10.3 Å². The summed E-state index contributed by atoms with van der Waals surface area (Å²) in [6.45, 7) is 5.10. The molecule has 3 aromatic rings. The predicted octanol–water partition coefficient (Wildman–Crippen LogP) is 2.47. The van der Waals surface area contributed by atoms with E-state index >= 15 is 0 Å². The number of aromatic nitrogens is 3. The number of anilines is 1. The predicted molar refractivity (Wildman–Crippen MR) is 105 cm³/mol. The van der Waals surface area contributed by atoms with Crippen molar-refractivity contribution in [3.8, 4) is 5.69 Å². The second kappa shape index (κ2) is 7.22. The number of methoxy groups -OCH3 is 1. The van der Waals surface area contributed by atoms with Crippen molar-refractivity contribution in [2.75, 3.05) is 12.4 Å². The SMILES string of the molecule is COC(=O)c1c(C)[nH]c(C(=O)Nc2c(C)n(C)n(-c3ccccc3)c2=O)c1C. The van der Waals surface area contributed by atoms with Crippen molar-refractivity contribution in [3.05, 3.63) is 68.9 Å². The Labute approximate surface area is 161 Å². The lowest BCUT2D eigenvalue weighted by Crippen LogP contribution is -2.23. The van der Waals surface area contributed by atoms with E-state index < -0.39 is 11.9 Å². The van der Waals surface area contributed by atoms with E-state index in [9.17, 15) is 14.4 Å². The van der Waals surface area contributed by atoms with E-state index in [0.29, 0.717) is 28.2 Å². The summed E-state index contributed by atoms with van der Waals surface area (Å²) in [6.07, 6.45) is 0. The highest BCUT2D eigenvalue weighted by atomic mass is 16.5. The first-order valence-corrected chi connectivity index (χ1v) is 8.70. The highest BCUT2D eigenvalue weighted by Gasteiger charge is 2.25. The first-order valence-electron chi connectivity index (χ1n) is 8.70. The summed E-state index contributed by atoms with van der Waals surface area (Å²) >= 11 is 0. The van der Waals surface area contributed by atoms with Gasteiger partial charge in [0.1, 0.15) is 11.4 Å². The van der Waals surface area contributed by atoms with Gasteiger partial charge in [-0.25, -0.2) is 9.48 Å². The maximum atomic E-state index is 12.9. The van der Waals surface area contributed by atoms with E-state index in [1.807, 2.05) is 30.3 Å². The molecule has 2 heterocycles. The molecular formula is C20H22N4O4. The molecule has 0 radical (unpaired) electrons. The van der Waals surface area contributed by atoms with Crippen molar-refractivity contribution in [3.63, 3.8) is 0 Å². The number of benzene rings is 1. The number of carbonyl (C=O) groups is 2. The average Bonchev–Trinajstić information content (AvgIpc) is 3.09. The van der Waals surface area contributed by atoms with Crippen LogP contribution in [0.5, 0.6) is 0 Å². The molecule has 0 bridgehead atoms. The average molecular weight is 382 g/mol. The lowest BCUT2D eigenvalue weighted by atomic mass is 10.1. The molecule has 0 atom stereocenters. The van der Waals surface area contributed by atoms with E-state index in [-0.39, 0.29) is 16.9 Å². The number of rotatable bonds is 4. The number of esters is 1. The number of hydrogen-bond acceptors (Lipinski definition) is 4. The summed E-state index contributed by atoms with van der Waals surface area (Å²) in [5.41, 5.74) is 2.68. The highest BCUT2D eigenvalue weighted by Crippen LogP contribution is 2.21. The van der Waals surface area contributed by atoms with Crippen molar-refractivity contribution in [1.29, 1.82) is 0 Å². The monoisotopic (exact) mass is 382 g/mol. The number of ether oxygens (including phenoxy) is 1. The molecule has 0 fully saturated rings. The van der Waals surface area contributed by atoms with Gasteiger partial charge in [-0.3, -0.25) is 14.3 Å². The van der Waals surface area contributed by atoms with E-state index in [1.54, 1.807) is 32.5 Å². The minimum absolute atomic E-state index is 0.183. The van der Waals surface area contributed by atoms with Gasteiger partial charge in [0.25, 0.3) is 11.5 Å². The Morgan fingerprint density at radius 3 is 2.36 bits per heavy atom. The topological polar surface area (TPSA) is 98.1 Å². The van der Waals surface area contributed by atoms with Gasteiger partial charge in [0.15, 0.2) is 0 Å². The van der Waals surface area contributed by atoms with Crippen LogP contribution in [0.15, 0.2) is 35.1 Å². The lowest BCUT2D eigenvalue weighted by Gasteiger charge is -2.07. The summed E-state index contributed by atoms with van der Waals surface area (Å²) in [5.74, 6) is -1.02. The van der Waals surface area contributed by atoms with Crippen LogP contribution in [0.2, 0.25) is 0 Å². The molecule has 0 saturated carbocycles. The maximum absolute atomic E-state index is 12.9. The third kappa shape index (κ3) is 3.02. The number of aromatic amines is 1. The van der Waals surface area contributed by atoms with Gasteiger partial charge in [0.05, 0.1) is 24.1 Å². The number of carbonyl (C=O) groups excluding carboxylic acids is 2. The highest BCUT2D eigenvalue weighted by molar-refractivity contribution is 6.07. The van der Waals surface area contributed by atoms with Crippen LogP contribution in [-0.2, 0) is 11.8 Å². The number of nitrogens with zero attached hydrogens (tertiary/aromatic N) is 2. The summed E-state index contributed by atoms with van der Waals surface area (Å²) in [4.78, 5) is 40.6. The number of para-hydroxylation sites is 1. The van der Waals surface area contributed by atoms with Crippen molar-refractivity contribution in [1.82, 2.24) is 14.3 Å². The molecule has 0 saturated heterocycles. The molecule has 146 valence electrons. The zero-order valence-electron chi connectivity index (χ0n) is 16.4. The zero-order chi connectivity index (χ0) is 20.6. The normalized spacial score (nSPS) is 10.8. The first kappa shape index (κ1) is 19.2. The molecule has 3 rings (SSSR count). The molecule has 0 unspecified atom stereocenters. The molecule has 0 spiro atoms.